The molecule has 4 heteroatoms. The van der Waals surface area contributed by atoms with Crippen molar-refractivity contribution in [1.82, 2.24) is 9.78 Å². The van der Waals surface area contributed by atoms with Gasteiger partial charge in [0.25, 0.3) is 0 Å². The Morgan fingerprint density at radius 3 is 3.25 bits per heavy atom. The van der Waals surface area contributed by atoms with Gasteiger partial charge in [-0.05, 0) is 6.07 Å². The van der Waals surface area contributed by atoms with Crippen LogP contribution in [0.2, 0.25) is 0 Å². The van der Waals surface area contributed by atoms with Crippen molar-refractivity contribution in [3.8, 4) is 12.3 Å². The van der Waals surface area contributed by atoms with Crippen LogP contribution in [-0.2, 0) is 11.3 Å². The minimum absolute atomic E-state index is 0.275. The first-order valence-electron chi connectivity index (χ1n) is 3.33. The zero-order valence-corrected chi connectivity index (χ0v) is 6.65. The van der Waals surface area contributed by atoms with Crippen molar-refractivity contribution in [3.05, 3.63) is 18.0 Å². The van der Waals surface area contributed by atoms with E-state index in [0.717, 1.165) is 0 Å². The first kappa shape index (κ1) is 8.34. The number of hydrogen-bond donors (Lipinski definition) is 0. The van der Waals surface area contributed by atoms with E-state index in [2.05, 4.69) is 15.8 Å². The molecule has 1 aromatic rings. The Morgan fingerprint density at radius 2 is 2.67 bits per heavy atom. The van der Waals surface area contributed by atoms with Crippen LogP contribution >= 0.6 is 0 Å². The van der Waals surface area contributed by atoms with Crippen molar-refractivity contribution >= 4 is 5.97 Å². The Bertz CT molecular complexity index is 322. The normalized spacial score (nSPS) is 9.00. The summed E-state index contributed by atoms with van der Waals surface area (Å²) in [7, 11) is 1.32. The Hall–Kier alpha value is -1.76. The predicted molar refractivity (Wildman–Crippen MR) is 42.4 cm³/mol. The van der Waals surface area contributed by atoms with E-state index in [-0.39, 0.29) is 6.54 Å². The van der Waals surface area contributed by atoms with Crippen molar-refractivity contribution in [2.75, 3.05) is 7.11 Å². The Kier molecular flexibility index (Phi) is 2.49. The zero-order valence-electron chi connectivity index (χ0n) is 6.65. The second-order valence-corrected chi connectivity index (χ2v) is 2.07. The molecule has 1 heterocycles. The van der Waals surface area contributed by atoms with Gasteiger partial charge in [0, 0.05) is 6.20 Å². The number of aromatic nitrogens is 2. The van der Waals surface area contributed by atoms with Crippen LogP contribution in [0, 0.1) is 12.3 Å². The van der Waals surface area contributed by atoms with Crippen LogP contribution in [0.25, 0.3) is 0 Å². The van der Waals surface area contributed by atoms with Crippen LogP contribution in [0.4, 0.5) is 0 Å². The third-order valence-electron chi connectivity index (χ3n) is 1.35. The molecule has 0 aliphatic carbocycles. The van der Waals surface area contributed by atoms with Crippen molar-refractivity contribution < 1.29 is 9.53 Å². The molecule has 0 radical (unpaired) electrons. The highest BCUT2D eigenvalue weighted by Crippen LogP contribution is 1.99. The smallest absolute Gasteiger partial charge is 0.356 e. The zero-order chi connectivity index (χ0) is 8.97. The molecule has 0 bridgehead atoms. The highest BCUT2D eigenvalue weighted by atomic mass is 16.5. The lowest BCUT2D eigenvalue weighted by Gasteiger charge is -2.00. The molecular weight excluding hydrogens is 156 g/mol. The van der Waals surface area contributed by atoms with E-state index in [9.17, 15) is 4.79 Å². The monoisotopic (exact) mass is 164 g/mol. The van der Waals surface area contributed by atoms with E-state index in [1.807, 2.05) is 0 Å². The third-order valence-corrected chi connectivity index (χ3v) is 1.35. The molecule has 0 aliphatic rings. The molecule has 0 aliphatic heterocycles. The summed E-state index contributed by atoms with van der Waals surface area (Å²) in [5.74, 6) is 1.95. The molecule has 4 nitrogen and oxygen atoms in total. The maximum atomic E-state index is 11.0. The molecule has 1 rings (SSSR count). The summed E-state index contributed by atoms with van der Waals surface area (Å²) in [4.78, 5) is 11.0. The highest BCUT2D eigenvalue weighted by Gasteiger charge is 2.10. The van der Waals surface area contributed by atoms with Gasteiger partial charge in [-0.1, -0.05) is 5.92 Å². The van der Waals surface area contributed by atoms with Gasteiger partial charge in [0.05, 0.1) is 7.11 Å². The van der Waals surface area contributed by atoms with E-state index >= 15 is 0 Å². The number of nitrogens with zero attached hydrogens (tertiary/aromatic N) is 2. The quantitative estimate of drug-likeness (QED) is 0.466. The summed E-state index contributed by atoms with van der Waals surface area (Å²) in [6, 6.07) is 1.56. The fraction of sp³-hybridized carbons (Fsp3) is 0.250. The van der Waals surface area contributed by atoms with E-state index in [0.29, 0.717) is 5.69 Å². The predicted octanol–water partition coefficient (Wildman–Crippen LogP) is 0.303. The lowest BCUT2D eigenvalue weighted by Crippen LogP contribution is -2.11. The maximum absolute atomic E-state index is 11.0. The minimum atomic E-state index is -0.428. The lowest BCUT2D eigenvalue weighted by molar-refractivity contribution is 0.0587. The molecule has 0 unspecified atom stereocenters. The van der Waals surface area contributed by atoms with Gasteiger partial charge in [0.2, 0.25) is 0 Å². The van der Waals surface area contributed by atoms with E-state index < -0.39 is 5.97 Å². The maximum Gasteiger partial charge on any atom is 0.356 e. The molecule has 12 heavy (non-hydrogen) atoms. The van der Waals surface area contributed by atoms with Gasteiger partial charge >= 0.3 is 5.97 Å². The molecule has 0 amide bonds. The van der Waals surface area contributed by atoms with Crippen LogP contribution < -0.4 is 0 Å². The summed E-state index contributed by atoms with van der Waals surface area (Å²) in [6.45, 7) is 0.275. The third kappa shape index (κ3) is 1.45. The summed E-state index contributed by atoms with van der Waals surface area (Å²) in [5.41, 5.74) is 0.371. The van der Waals surface area contributed by atoms with Gasteiger partial charge in [-0.2, -0.15) is 5.10 Å². The summed E-state index contributed by atoms with van der Waals surface area (Å²) < 4.78 is 5.92. The number of rotatable bonds is 2. The Labute approximate surface area is 70.1 Å². The molecule has 0 spiro atoms. The topological polar surface area (TPSA) is 44.1 Å². The summed E-state index contributed by atoms with van der Waals surface area (Å²) >= 11 is 0. The number of hydrogen-bond acceptors (Lipinski definition) is 3. The van der Waals surface area contributed by atoms with Gasteiger partial charge in [-0.3, -0.25) is 0 Å². The minimum Gasteiger partial charge on any atom is -0.464 e. The molecule has 0 saturated carbocycles. The standard InChI is InChI=1S/C8H8N2O2/c1-3-6-10-7(4-5-9-10)8(11)12-2/h1,4-5H,6H2,2H3. The first-order chi connectivity index (χ1) is 5.79. The first-order valence-corrected chi connectivity index (χ1v) is 3.33. The van der Waals surface area contributed by atoms with E-state index in [1.165, 1.54) is 18.0 Å². The number of ether oxygens (including phenoxy) is 1. The molecule has 0 atom stereocenters. The fourth-order valence-electron chi connectivity index (χ4n) is 0.823. The molecule has 0 N–H and O–H groups in total. The lowest BCUT2D eigenvalue weighted by atomic mass is 10.4. The van der Waals surface area contributed by atoms with Crippen LogP contribution in [-0.4, -0.2) is 22.9 Å². The summed E-state index contributed by atoms with van der Waals surface area (Å²) in [5, 5.41) is 3.85. The van der Waals surface area contributed by atoms with Crippen molar-refractivity contribution in [3.63, 3.8) is 0 Å². The number of terminal acetylenes is 1. The van der Waals surface area contributed by atoms with Gasteiger partial charge in [-0.25, -0.2) is 9.48 Å². The Morgan fingerprint density at radius 1 is 1.92 bits per heavy atom. The van der Waals surface area contributed by atoms with Gasteiger partial charge in [0.15, 0.2) is 0 Å². The van der Waals surface area contributed by atoms with Gasteiger partial charge < -0.3 is 4.74 Å². The van der Waals surface area contributed by atoms with E-state index in [4.69, 9.17) is 6.42 Å². The number of carbonyl (C=O) groups excluding carboxylic acids is 1. The van der Waals surface area contributed by atoms with Crippen LogP contribution in [0.15, 0.2) is 12.3 Å². The second-order valence-electron chi connectivity index (χ2n) is 2.07. The molecule has 62 valence electrons. The average molecular weight is 164 g/mol. The fourth-order valence-corrected chi connectivity index (χ4v) is 0.823. The van der Waals surface area contributed by atoms with Gasteiger partial charge in [-0.15, -0.1) is 6.42 Å². The van der Waals surface area contributed by atoms with Gasteiger partial charge in [0.1, 0.15) is 12.2 Å². The molecule has 0 aromatic carbocycles. The van der Waals surface area contributed by atoms with Crippen molar-refractivity contribution in [1.29, 1.82) is 0 Å². The van der Waals surface area contributed by atoms with Crippen LogP contribution in [0.1, 0.15) is 10.5 Å². The van der Waals surface area contributed by atoms with Crippen molar-refractivity contribution in [2.45, 2.75) is 6.54 Å². The molecule has 1 aromatic heterocycles. The number of methoxy groups -OCH3 is 1. The SMILES string of the molecule is C#CCn1nccc1C(=O)OC. The highest BCUT2D eigenvalue weighted by molar-refractivity contribution is 5.87. The molecule has 0 fully saturated rings. The summed E-state index contributed by atoms with van der Waals surface area (Å²) in [6.07, 6.45) is 6.57. The van der Waals surface area contributed by atoms with Crippen LogP contribution in [0.5, 0.6) is 0 Å². The Balaban J connectivity index is 2.92. The van der Waals surface area contributed by atoms with E-state index in [1.54, 1.807) is 6.07 Å². The van der Waals surface area contributed by atoms with Crippen molar-refractivity contribution in [2.24, 2.45) is 0 Å². The molecule has 0 saturated heterocycles. The van der Waals surface area contributed by atoms with Crippen LogP contribution in [0.3, 0.4) is 0 Å². The average Bonchev–Trinajstić information content (AvgIpc) is 2.52. The second kappa shape index (κ2) is 3.58. The molecular formula is C8H8N2O2. The number of carbonyl (C=O) groups is 1. The number of esters is 1. The largest absolute Gasteiger partial charge is 0.464 e.